The van der Waals surface area contributed by atoms with Crippen molar-refractivity contribution in [2.75, 3.05) is 11.9 Å². The van der Waals surface area contributed by atoms with E-state index in [0.29, 0.717) is 6.42 Å². The Morgan fingerprint density at radius 2 is 1.71 bits per heavy atom. The van der Waals surface area contributed by atoms with E-state index in [4.69, 9.17) is 0 Å². The summed E-state index contributed by atoms with van der Waals surface area (Å²) in [6.07, 6.45) is -0.753. The van der Waals surface area contributed by atoms with Crippen LogP contribution in [0.25, 0.3) is 10.9 Å². The Bertz CT molecular complexity index is 995. The summed E-state index contributed by atoms with van der Waals surface area (Å²) in [6, 6.07) is 12.7. The molecule has 4 heteroatoms. The third-order valence-corrected chi connectivity index (χ3v) is 5.38. The van der Waals surface area contributed by atoms with E-state index in [9.17, 15) is 8.78 Å². The van der Waals surface area contributed by atoms with Gasteiger partial charge < -0.3 is 5.32 Å². The minimum Gasteiger partial charge on any atom is -0.381 e. The number of nitrogens with one attached hydrogen (secondary N) is 1. The molecule has 1 heterocycles. The lowest BCUT2D eigenvalue weighted by Gasteiger charge is -2.29. The number of fused-ring (bicyclic) bond motifs is 1. The fraction of sp³-hybridized carbons (Fsp3) is 0.375. The quantitative estimate of drug-likeness (QED) is 0.532. The molecular formula is C24H28F2N2. The maximum absolute atomic E-state index is 14.9. The zero-order chi connectivity index (χ0) is 20.5. The van der Waals surface area contributed by atoms with E-state index < -0.39 is 11.6 Å². The van der Waals surface area contributed by atoms with Crippen LogP contribution >= 0.6 is 0 Å². The van der Waals surface area contributed by atoms with E-state index >= 15 is 0 Å². The maximum Gasteiger partial charge on any atom is 0.123 e. The predicted octanol–water partition coefficient (Wildman–Crippen LogP) is 6.42. The highest BCUT2D eigenvalue weighted by molar-refractivity contribution is 5.93. The third kappa shape index (κ3) is 4.32. The first kappa shape index (κ1) is 20.2. The number of rotatable bonds is 6. The van der Waals surface area contributed by atoms with Crippen LogP contribution in [0, 0.1) is 26.6 Å². The molecule has 0 radical (unpaired) electrons. The summed E-state index contributed by atoms with van der Waals surface area (Å²) in [4.78, 5) is 4.55. The number of anilines is 1. The first-order valence-electron chi connectivity index (χ1n) is 9.69. The van der Waals surface area contributed by atoms with Crippen LogP contribution in [0.15, 0.2) is 42.5 Å². The fourth-order valence-electron chi connectivity index (χ4n) is 3.92. The van der Waals surface area contributed by atoms with Crippen LogP contribution in [0.5, 0.6) is 0 Å². The number of aryl methyl sites for hydroxylation is 3. The largest absolute Gasteiger partial charge is 0.381 e. The second-order valence-corrected chi connectivity index (χ2v) is 8.30. The maximum atomic E-state index is 14.9. The van der Waals surface area contributed by atoms with E-state index in [1.807, 2.05) is 58.9 Å². The van der Waals surface area contributed by atoms with Crippen molar-refractivity contribution in [2.24, 2.45) is 0 Å². The highest BCUT2D eigenvalue weighted by atomic mass is 19.1. The van der Waals surface area contributed by atoms with Gasteiger partial charge in [-0.15, -0.1) is 0 Å². The van der Waals surface area contributed by atoms with Crippen molar-refractivity contribution in [3.63, 3.8) is 0 Å². The molecule has 0 aliphatic carbocycles. The molecule has 3 aromatic rings. The number of alkyl halides is 1. The molecule has 28 heavy (non-hydrogen) atoms. The molecule has 2 nitrogen and oxygen atoms in total. The smallest absolute Gasteiger partial charge is 0.123 e. The molecule has 1 atom stereocenters. The van der Waals surface area contributed by atoms with E-state index in [2.05, 4.69) is 10.3 Å². The molecule has 0 bridgehead atoms. The Labute approximate surface area is 166 Å². The van der Waals surface area contributed by atoms with Crippen molar-refractivity contribution in [3.05, 3.63) is 70.7 Å². The van der Waals surface area contributed by atoms with Gasteiger partial charge in [-0.3, -0.25) is 4.98 Å². The fourth-order valence-corrected chi connectivity index (χ4v) is 3.92. The Kier molecular flexibility index (Phi) is 5.69. The van der Waals surface area contributed by atoms with Gasteiger partial charge in [0.2, 0.25) is 0 Å². The third-order valence-electron chi connectivity index (χ3n) is 5.38. The number of aromatic nitrogens is 1. The summed E-state index contributed by atoms with van der Waals surface area (Å²) in [6.45, 7) is 10.0. The highest BCUT2D eigenvalue weighted by Gasteiger charge is 2.27. The van der Waals surface area contributed by atoms with Crippen LogP contribution in [0.4, 0.5) is 14.5 Å². The van der Waals surface area contributed by atoms with E-state index in [-0.39, 0.29) is 12.4 Å². The lowest BCUT2D eigenvalue weighted by atomic mass is 9.78. The van der Waals surface area contributed by atoms with Crippen molar-refractivity contribution >= 4 is 16.6 Å². The van der Waals surface area contributed by atoms with Crippen molar-refractivity contribution < 1.29 is 8.78 Å². The lowest BCUT2D eigenvalue weighted by Crippen LogP contribution is -2.28. The molecule has 0 fully saturated rings. The van der Waals surface area contributed by atoms with Gasteiger partial charge in [0.1, 0.15) is 12.0 Å². The van der Waals surface area contributed by atoms with Crippen LogP contribution in [-0.4, -0.2) is 17.7 Å². The second kappa shape index (κ2) is 7.86. The van der Waals surface area contributed by atoms with Gasteiger partial charge in [0.15, 0.2) is 0 Å². The van der Waals surface area contributed by atoms with Gasteiger partial charge in [-0.1, -0.05) is 26.0 Å². The average molecular weight is 382 g/mol. The van der Waals surface area contributed by atoms with Crippen LogP contribution < -0.4 is 5.32 Å². The zero-order valence-corrected chi connectivity index (χ0v) is 17.2. The number of hydrogen-bond acceptors (Lipinski definition) is 2. The summed E-state index contributed by atoms with van der Waals surface area (Å²) < 4.78 is 28.6. The molecular weight excluding hydrogens is 354 g/mol. The number of halogens is 2. The predicted molar refractivity (Wildman–Crippen MR) is 113 cm³/mol. The van der Waals surface area contributed by atoms with Gasteiger partial charge in [0, 0.05) is 23.3 Å². The first-order chi connectivity index (χ1) is 13.2. The van der Waals surface area contributed by atoms with Gasteiger partial charge in [-0.25, -0.2) is 8.78 Å². The first-order valence-corrected chi connectivity index (χ1v) is 9.69. The Morgan fingerprint density at radius 3 is 2.46 bits per heavy atom. The summed E-state index contributed by atoms with van der Waals surface area (Å²) in [5, 5.41) is 4.28. The number of nitrogens with zero attached hydrogens (tertiary/aromatic N) is 1. The highest BCUT2D eigenvalue weighted by Crippen LogP contribution is 2.33. The SMILES string of the molecule is Cc1ccc2c(NCC(F)CC(C)(C)c3cc(F)ccc3C)c(C)ccc2n1. The normalized spacial score (nSPS) is 13.0. The lowest BCUT2D eigenvalue weighted by molar-refractivity contribution is 0.271. The van der Waals surface area contributed by atoms with Crippen LogP contribution in [0.3, 0.4) is 0 Å². The molecule has 0 aliphatic rings. The number of benzene rings is 2. The van der Waals surface area contributed by atoms with Gasteiger partial charge in [0.25, 0.3) is 0 Å². The summed E-state index contributed by atoms with van der Waals surface area (Å²) in [5.74, 6) is -0.281. The number of hydrogen-bond donors (Lipinski definition) is 1. The van der Waals surface area contributed by atoms with Gasteiger partial charge >= 0.3 is 0 Å². The standard InChI is InChI=1S/C24H28F2N2/c1-15-6-9-18(25)12-21(15)24(4,5)13-19(26)14-27-23-16(2)7-11-22-20(23)10-8-17(3)28-22/h6-12,19,27H,13-14H2,1-5H3. The van der Waals surface area contributed by atoms with Crippen molar-refractivity contribution in [1.29, 1.82) is 0 Å². The summed E-state index contributed by atoms with van der Waals surface area (Å²) in [5.41, 5.74) is 5.23. The molecule has 1 N–H and O–H groups in total. The van der Waals surface area contributed by atoms with Crippen molar-refractivity contribution in [1.82, 2.24) is 4.98 Å². The Morgan fingerprint density at radius 1 is 1.00 bits per heavy atom. The van der Waals surface area contributed by atoms with Crippen molar-refractivity contribution in [3.8, 4) is 0 Å². The molecule has 1 aromatic heterocycles. The van der Waals surface area contributed by atoms with E-state index in [1.54, 1.807) is 6.07 Å². The minimum absolute atomic E-state index is 0.200. The molecule has 0 spiro atoms. The molecule has 0 saturated heterocycles. The number of pyridine rings is 1. The van der Waals surface area contributed by atoms with Crippen molar-refractivity contribution in [2.45, 2.75) is 52.6 Å². The van der Waals surface area contributed by atoms with Gasteiger partial charge in [0.05, 0.1) is 5.52 Å². The van der Waals surface area contributed by atoms with Crippen LogP contribution in [0.1, 0.15) is 42.7 Å². The molecule has 0 saturated carbocycles. The van der Waals surface area contributed by atoms with Gasteiger partial charge in [-0.05, 0) is 79.6 Å². The minimum atomic E-state index is -1.06. The van der Waals surface area contributed by atoms with Crippen LogP contribution in [0.2, 0.25) is 0 Å². The zero-order valence-electron chi connectivity index (χ0n) is 17.2. The van der Waals surface area contributed by atoms with E-state index in [1.165, 1.54) is 12.1 Å². The second-order valence-electron chi connectivity index (χ2n) is 8.30. The molecule has 2 aromatic carbocycles. The summed E-state index contributed by atoms with van der Waals surface area (Å²) in [7, 11) is 0. The Hall–Kier alpha value is -2.49. The average Bonchev–Trinajstić information content (AvgIpc) is 2.62. The molecule has 1 unspecified atom stereocenters. The summed E-state index contributed by atoms with van der Waals surface area (Å²) >= 11 is 0. The molecule has 0 amide bonds. The molecule has 3 rings (SSSR count). The van der Waals surface area contributed by atoms with Crippen LogP contribution in [-0.2, 0) is 5.41 Å². The molecule has 0 aliphatic heterocycles. The topological polar surface area (TPSA) is 24.9 Å². The van der Waals surface area contributed by atoms with Gasteiger partial charge in [-0.2, -0.15) is 0 Å². The Balaban J connectivity index is 1.76. The monoisotopic (exact) mass is 382 g/mol. The van der Waals surface area contributed by atoms with E-state index in [0.717, 1.165) is 39.0 Å². The molecule has 148 valence electrons.